The number of ether oxygens (including phenoxy) is 2. The number of carboxylic acid groups (broad SMARTS) is 1. The van der Waals surface area contributed by atoms with Crippen LogP contribution >= 0.6 is 0 Å². The topological polar surface area (TPSA) is 102 Å². The zero-order valence-electron chi connectivity index (χ0n) is 17.7. The summed E-state index contributed by atoms with van der Waals surface area (Å²) < 4.78 is 29.6. The van der Waals surface area contributed by atoms with Gasteiger partial charge in [0.05, 0.1) is 12.3 Å². The van der Waals surface area contributed by atoms with Crippen LogP contribution in [0.5, 0.6) is 11.5 Å². The van der Waals surface area contributed by atoms with Gasteiger partial charge in [0.1, 0.15) is 29.6 Å². The first-order chi connectivity index (χ1) is 15.3. The summed E-state index contributed by atoms with van der Waals surface area (Å²) in [7, 11) is 0. The Kier molecular flexibility index (Phi) is 7.43. The van der Waals surface area contributed by atoms with E-state index in [-0.39, 0.29) is 12.3 Å². The van der Waals surface area contributed by atoms with E-state index in [1.807, 2.05) is 6.92 Å². The summed E-state index contributed by atoms with van der Waals surface area (Å²) in [6.07, 6.45) is -0.334. The number of aliphatic carboxylic acids is 1. The van der Waals surface area contributed by atoms with E-state index < -0.39 is 24.4 Å². The quantitative estimate of drug-likeness (QED) is 0.531. The van der Waals surface area contributed by atoms with Crippen LogP contribution in [0.1, 0.15) is 22.9 Å². The standard InChI is InChI=1S/C23H23FN2O6/c1-15-21(25-16(2)31-15)9-10-30-19-7-3-5-17(11-19)13-26(14-22(27)28)23(29)32-20-8-4-6-18(24)12-20/h3-8,11-12H,9-10,13-14H2,1-2H3,(H,27,28). The number of hydrogen-bond donors (Lipinski definition) is 1. The molecule has 0 atom stereocenters. The van der Waals surface area contributed by atoms with E-state index in [1.54, 1.807) is 31.2 Å². The zero-order valence-corrected chi connectivity index (χ0v) is 17.7. The summed E-state index contributed by atoms with van der Waals surface area (Å²) in [4.78, 5) is 29.0. The molecule has 0 bridgehead atoms. The normalized spacial score (nSPS) is 10.6. The van der Waals surface area contributed by atoms with E-state index in [4.69, 9.17) is 13.9 Å². The SMILES string of the molecule is Cc1nc(CCOc2cccc(CN(CC(=O)O)C(=O)Oc3cccc(F)c3)c2)c(C)o1. The summed E-state index contributed by atoms with van der Waals surface area (Å²) in [6.45, 7) is 3.39. The molecule has 1 amide bonds. The average molecular weight is 442 g/mol. The molecule has 1 N–H and O–H groups in total. The molecule has 9 heteroatoms. The van der Waals surface area contributed by atoms with Crippen LogP contribution in [0.4, 0.5) is 9.18 Å². The maximum atomic E-state index is 13.3. The molecule has 0 aliphatic rings. The second-order valence-electron chi connectivity index (χ2n) is 7.06. The van der Waals surface area contributed by atoms with Gasteiger partial charge < -0.3 is 19.0 Å². The van der Waals surface area contributed by atoms with Crippen LogP contribution in [0.2, 0.25) is 0 Å². The molecule has 0 saturated carbocycles. The smallest absolute Gasteiger partial charge is 0.416 e. The van der Waals surface area contributed by atoms with E-state index in [0.29, 0.717) is 30.2 Å². The number of aromatic nitrogens is 1. The molecule has 8 nitrogen and oxygen atoms in total. The largest absolute Gasteiger partial charge is 0.493 e. The van der Waals surface area contributed by atoms with E-state index in [9.17, 15) is 19.1 Å². The van der Waals surface area contributed by atoms with Crippen molar-refractivity contribution < 1.29 is 33.0 Å². The minimum atomic E-state index is -1.20. The minimum absolute atomic E-state index is 0.0131. The number of halogens is 1. The summed E-state index contributed by atoms with van der Waals surface area (Å²) >= 11 is 0. The number of rotatable bonds is 9. The molecule has 3 rings (SSSR count). The van der Waals surface area contributed by atoms with Crippen molar-refractivity contribution in [2.75, 3.05) is 13.2 Å². The molecule has 0 fully saturated rings. The van der Waals surface area contributed by atoms with Crippen molar-refractivity contribution in [1.82, 2.24) is 9.88 Å². The van der Waals surface area contributed by atoms with Crippen LogP contribution in [-0.2, 0) is 17.8 Å². The highest BCUT2D eigenvalue weighted by Crippen LogP contribution is 2.18. The number of aryl methyl sites for hydroxylation is 2. The Morgan fingerprint density at radius 1 is 1.12 bits per heavy atom. The molecule has 0 radical (unpaired) electrons. The third-order valence-corrected chi connectivity index (χ3v) is 4.46. The fourth-order valence-electron chi connectivity index (χ4n) is 3.07. The molecule has 3 aromatic rings. The Balaban J connectivity index is 1.63. The summed E-state index contributed by atoms with van der Waals surface area (Å²) in [5, 5.41) is 9.18. The van der Waals surface area contributed by atoms with Gasteiger partial charge in [-0.2, -0.15) is 0 Å². The van der Waals surface area contributed by atoms with Gasteiger partial charge in [0.2, 0.25) is 0 Å². The van der Waals surface area contributed by atoms with Crippen molar-refractivity contribution in [3.8, 4) is 11.5 Å². The van der Waals surface area contributed by atoms with Crippen molar-refractivity contribution in [3.05, 3.63) is 77.3 Å². The highest BCUT2D eigenvalue weighted by atomic mass is 19.1. The molecule has 168 valence electrons. The summed E-state index contributed by atoms with van der Waals surface area (Å²) in [5.74, 6) is 0.131. The lowest BCUT2D eigenvalue weighted by Gasteiger charge is -2.20. The van der Waals surface area contributed by atoms with E-state index in [1.165, 1.54) is 18.2 Å². The maximum Gasteiger partial charge on any atom is 0.416 e. The van der Waals surface area contributed by atoms with Gasteiger partial charge in [0.15, 0.2) is 5.89 Å². The molecule has 1 heterocycles. The molecular formula is C23H23FN2O6. The molecule has 0 aliphatic carbocycles. The molecule has 2 aromatic carbocycles. The predicted octanol–water partition coefficient (Wildman–Crippen LogP) is 4.14. The van der Waals surface area contributed by atoms with Crippen molar-refractivity contribution >= 4 is 12.1 Å². The van der Waals surface area contributed by atoms with Gasteiger partial charge in [0, 0.05) is 26.0 Å². The van der Waals surface area contributed by atoms with Crippen LogP contribution in [0.3, 0.4) is 0 Å². The second kappa shape index (κ2) is 10.4. The zero-order chi connectivity index (χ0) is 23.1. The van der Waals surface area contributed by atoms with E-state index >= 15 is 0 Å². The minimum Gasteiger partial charge on any atom is -0.493 e. The number of nitrogens with zero attached hydrogens (tertiary/aromatic N) is 2. The first kappa shape index (κ1) is 22.8. The molecule has 0 unspecified atom stereocenters. The van der Waals surface area contributed by atoms with E-state index in [2.05, 4.69) is 4.98 Å². The Labute approximate surface area is 184 Å². The number of oxazole rings is 1. The first-order valence-corrected chi connectivity index (χ1v) is 9.89. The fraction of sp³-hybridized carbons (Fsp3) is 0.261. The lowest BCUT2D eigenvalue weighted by atomic mass is 10.2. The molecular weight excluding hydrogens is 419 g/mol. The Morgan fingerprint density at radius 3 is 2.56 bits per heavy atom. The van der Waals surface area contributed by atoms with Crippen molar-refractivity contribution in [3.63, 3.8) is 0 Å². The molecule has 0 saturated heterocycles. The number of carbonyl (C=O) groups is 2. The number of amides is 1. The number of benzene rings is 2. The lowest BCUT2D eigenvalue weighted by Crippen LogP contribution is -2.37. The lowest BCUT2D eigenvalue weighted by molar-refractivity contribution is -0.138. The van der Waals surface area contributed by atoms with Crippen molar-refractivity contribution in [2.24, 2.45) is 0 Å². The number of carboxylic acids is 1. The maximum absolute atomic E-state index is 13.3. The van der Waals surface area contributed by atoms with Gasteiger partial charge in [-0.05, 0) is 36.8 Å². The Bertz CT molecular complexity index is 1100. The summed E-state index contributed by atoms with van der Waals surface area (Å²) in [6, 6.07) is 12.0. The van der Waals surface area contributed by atoms with E-state index in [0.717, 1.165) is 22.4 Å². The van der Waals surface area contributed by atoms with Crippen LogP contribution in [0.25, 0.3) is 0 Å². The second-order valence-corrected chi connectivity index (χ2v) is 7.06. The van der Waals surface area contributed by atoms with Gasteiger partial charge in [-0.1, -0.05) is 18.2 Å². The number of carbonyl (C=O) groups excluding carboxylic acids is 1. The first-order valence-electron chi connectivity index (χ1n) is 9.89. The fourth-order valence-corrected chi connectivity index (χ4v) is 3.07. The van der Waals surface area contributed by atoms with Gasteiger partial charge in [0.25, 0.3) is 0 Å². The van der Waals surface area contributed by atoms with Crippen molar-refractivity contribution in [2.45, 2.75) is 26.8 Å². The third kappa shape index (κ3) is 6.56. The predicted molar refractivity (Wildman–Crippen MR) is 112 cm³/mol. The van der Waals surface area contributed by atoms with Gasteiger partial charge in [-0.25, -0.2) is 14.2 Å². The van der Waals surface area contributed by atoms with Crippen molar-refractivity contribution in [1.29, 1.82) is 0 Å². The Morgan fingerprint density at radius 2 is 1.88 bits per heavy atom. The van der Waals surface area contributed by atoms with Crippen LogP contribution in [0, 0.1) is 19.7 Å². The highest BCUT2D eigenvalue weighted by molar-refractivity contribution is 5.78. The molecule has 1 aromatic heterocycles. The average Bonchev–Trinajstić information content (AvgIpc) is 3.04. The van der Waals surface area contributed by atoms with Gasteiger partial charge in [-0.15, -0.1) is 0 Å². The monoisotopic (exact) mass is 442 g/mol. The third-order valence-electron chi connectivity index (χ3n) is 4.46. The van der Waals surface area contributed by atoms with Crippen LogP contribution in [0.15, 0.2) is 52.9 Å². The molecule has 32 heavy (non-hydrogen) atoms. The Hall–Kier alpha value is -3.88. The van der Waals surface area contributed by atoms with Gasteiger partial charge in [-0.3, -0.25) is 9.69 Å². The summed E-state index contributed by atoms with van der Waals surface area (Å²) in [5.41, 5.74) is 1.47. The molecule has 0 aliphatic heterocycles. The van der Waals surface area contributed by atoms with Crippen LogP contribution < -0.4 is 9.47 Å². The van der Waals surface area contributed by atoms with Crippen LogP contribution in [-0.4, -0.2) is 40.2 Å². The van der Waals surface area contributed by atoms with Gasteiger partial charge >= 0.3 is 12.1 Å². The number of hydrogen-bond acceptors (Lipinski definition) is 6. The molecule has 0 spiro atoms. The highest BCUT2D eigenvalue weighted by Gasteiger charge is 2.20.